The normalized spacial score (nSPS) is 20.8. The molecule has 0 saturated carbocycles. The van der Waals surface area contributed by atoms with E-state index in [9.17, 15) is 9.59 Å². The fourth-order valence-corrected chi connectivity index (χ4v) is 4.84. The van der Waals surface area contributed by atoms with E-state index >= 15 is 0 Å². The van der Waals surface area contributed by atoms with Gasteiger partial charge in [-0.05, 0) is 66.0 Å². The van der Waals surface area contributed by atoms with Crippen molar-refractivity contribution in [3.05, 3.63) is 29.8 Å². The Morgan fingerprint density at radius 3 is 2.35 bits per heavy atom. The van der Waals surface area contributed by atoms with Gasteiger partial charge >= 0.3 is 0 Å². The van der Waals surface area contributed by atoms with Gasteiger partial charge in [0.2, 0.25) is 5.84 Å². The fourth-order valence-electron chi connectivity index (χ4n) is 4.84. The van der Waals surface area contributed by atoms with Crippen LogP contribution in [0.1, 0.15) is 65.9 Å². The van der Waals surface area contributed by atoms with E-state index in [1.807, 2.05) is 36.1 Å². The predicted octanol–water partition coefficient (Wildman–Crippen LogP) is 3.18. The molecule has 1 aromatic carbocycles. The molecule has 0 radical (unpaired) electrons. The topological polar surface area (TPSA) is 77.0 Å². The van der Waals surface area contributed by atoms with Gasteiger partial charge in [0.1, 0.15) is 6.54 Å². The van der Waals surface area contributed by atoms with E-state index in [0.29, 0.717) is 12.2 Å². The zero-order valence-electron chi connectivity index (χ0n) is 19.8. The van der Waals surface area contributed by atoms with E-state index < -0.39 is 0 Å². The summed E-state index contributed by atoms with van der Waals surface area (Å²) in [5, 5.41) is 5.13. The Bertz CT molecular complexity index is 828. The summed E-state index contributed by atoms with van der Waals surface area (Å²) in [6, 6.07) is 7.76. The maximum Gasteiger partial charge on any atom is 0.290 e. The van der Waals surface area contributed by atoms with Crippen LogP contribution in [0.3, 0.4) is 0 Å². The largest absolute Gasteiger partial charge is 0.333 e. The number of benzene rings is 1. The number of amides is 2. The minimum Gasteiger partial charge on any atom is -0.333 e. The number of unbranched alkanes of at least 4 members (excludes halogenated alkanes) is 1. The number of carbonyl (C=O) groups excluding carboxylic acids is 2. The maximum atomic E-state index is 13.6. The number of anilines is 1. The molecule has 0 atom stereocenters. The molecule has 2 aliphatic rings. The molecule has 0 unspecified atom stereocenters. The molecular formula is C24H37N5O2. The SMILES string of the molecule is CCCCN(C(=O)C1=NCC(=O)N(c2ccc(C)cc2)N1)C1CC(C)(C)NC(C)(C)C1. The Labute approximate surface area is 186 Å². The van der Waals surface area contributed by atoms with Crippen LogP contribution in [0.25, 0.3) is 0 Å². The monoisotopic (exact) mass is 427 g/mol. The van der Waals surface area contributed by atoms with Gasteiger partial charge < -0.3 is 10.2 Å². The molecule has 2 heterocycles. The lowest BCUT2D eigenvalue weighted by molar-refractivity contribution is -0.128. The number of amidine groups is 1. The van der Waals surface area contributed by atoms with Crippen molar-refractivity contribution in [2.75, 3.05) is 18.1 Å². The van der Waals surface area contributed by atoms with E-state index in [-0.39, 0.29) is 41.3 Å². The number of aryl methyl sites for hydroxylation is 1. The summed E-state index contributed by atoms with van der Waals surface area (Å²) in [7, 11) is 0. The van der Waals surface area contributed by atoms with Crippen molar-refractivity contribution in [2.45, 2.75) is 84.3 Å². The molecule has 0 aromatic heterocycles. The highest BCUT2D eigenvalue weighted by molar-refractivity contribution is 6.39. The van der Waals surface area contributed by atoms with E-state index in [0.717, 1.165) is 31.2 Å². The number of hydrogen-bond acceptors (Lipinski definition) is 5. The Balaban J connectivity index is 1.84. The van der Waals surface area contributed by atoms with Crippen LogP contribution in [0.2, 0.25) is 0 Å². The number of hydrazine groups is 1. The highest BCUT2D eigenvalue weighted by Crippen LogP contribution is 2.32. The van der Waals surface area contributed by atoms with Gasteiger partial charge in [-0.3, -0.25) is 20.0 Å². The van der Waals surface area contributed by atoms with Crippen LogP contribution in [-0.4, -0.2) is 52.8 Å². The van der Waals surface area contributed by atoms with Crippen molar-refractivity contribution in [1.29, 1.82) is 0 Å². The van der Waals surface area contributed by atoms with Crippen LogP contribution in [0, 0.1) is 6.92 Å². The maximum absolute atomic E-state index is 13.6. The number of carbonyl (C=O) groups is 2. The van der Waals surface area contributed by atoms with E-state index in [2.05, 4.69) is 50.4 Å². The molecule has 170 valence electrons. The third kappa shape index (κ3) is 5.64. The summed E-state index contributed by atoms with van der Waals surface area (Å²) in [5.74, 6) is -0.0633. The molecule has 1 fully saturated rings. The lowest BCUT2D eigenvalue weighted by Crippen LogP contribution is -2.64. The van der Waals surface area contributed by atoms with Crippen LogP contribution >= 0.6 is 0 Å². The van der Waals surface area contributed by atoms with E-state index in [1.165, 1.54) is 5.01 Å². The fraction of sp³-hybridized carbons (Fsp3) is 0.625. The van der Waals surface area contributed by atoms with Crippen molar-refractivity contribution in [1.82, 2.24) is 15.6 Å². The number of nitrogens with zero attached hydrogens (tertiary/aromatic N) is 3. The quantitative estimate of drug-likeness (QED) is 0.731. The molecule has 2 N–H and O–H groups in total. The average molecular weight is 428 g/mol. The average Bonchev–Trinajstić information content (AvgIpc) is 2.67. The third-order valence-electron chi connectivity index (χ3n) is 5.96. The standard InChI is InChI=1S/C24H37N5O2/c1-7-8-13-28(19-14-23(3,4)27-24(5,6)15-19)22(31)21-25-16-20(30)29(26-21)18-11-9-17(2)10-12-18/h9-12,19,27H,7-8,13-16H2,1-6H3,(H,25,26). The van der Waals surface area contributed by atoms with Crippen molar-refractivity contribution in [3.63, 3.8) is 0 Å². The molecule has 0 spiro atoms. The summed E-state index contributed by atoms with van der Waals surface area (Å²) in [6.45, 7) is 13.6. The Hall–Kier alpha value is -2.41. The highest BCUT2D eigenvalue weighted by Gasteiger charge is 2.42. The second-order valence-electron chi connectivity index (χ2n) is 10.1. The highest BCUT2D eigenvalue weighted by atomic mass is 16.2. The predicted molar refractivity (Wildman–Crippen MR) is 125 cm³/mol. The number of rotatable bonds is 6. The van der Waals surface area contributed by atoms with Gasteiger partial charge in [0.05, 0.1) is 5.69 Å². The molecule has 31 heavy (non-hydrogen) atoms. The van der Waals surface area contributed by atoms with Gasteiger partial charge in [0.25, 0.3) is 11.8 Å². The van der Waals surface area contributed by atoms with Crippen LogP contribution < -0.4 is 15.8 Å². The molecular weight excluding hydrogens is 390 g/mol. The first-order chi connectivity index (χ1) is 14.5. The summed E-state index contributed by atoms with van der Waals surface area (Å²) >= 11 is 0. The molecule has 7 nitrogen and oxygen atoms in total. The van der Waals surface area contributed by atoms with Crippen molar-refractivity contribution in [2.24, 2.45) is 4.99 Å². The van der Waals surface area contributed by atoms with Gasteiger partial charge in [0.15, 0.2) is 0 Å². The Morgan fingerprint density at radius 1 is 1.16 bits per heavy atom. The molecule has 1 saturated heterocycles. The molecule has 0 bridgehead atoms. The summed E-state index contributed by atoms with van der Waals surface area (Å²) in [6.07, 6.45) is 3.69. The third-order valence-corrected chi connectivity index (χ3v) is 5.96. The second kappa shape index (κ2) is 8.99. The van der Waals surface area contributed by atoms with Crippen molar-refractivity contribution in [3.8, 4) is 0 Å². The molecule has 2 amide bonds. The molecule has 7 heteroatoms. The van der Waals surface area contributed by atoms with E-state index in [4.69, 9.17) is 0 Å². The summed E-state index contributed by atoms with van der Waals surface area (Å²) in [5.41, 5.74) is 4.69. The number of piperidine rings is 1. The van der Waals surface area contributed by atoms with Gasteiger partial charge in [-0.1, -0.05) is 31.0 Å². The van der Waals surface area contributed by atoms with Gasteiger partial charge in [-0.2, -0.15) is 0 Å². The first kappa shape index (κ1) is 23.3. The van der Waals surface area contributed by atoms with Crippen molar-refractivity contribution < 1.29 is 9.59 Å². The van der Waals surface area contributed by atoms with E-state index in [1.54, 1.807) is 0 Å². The Kier molecular flexibility index (Phi) is 6.74. The molecule has 2 aliphatic heterocycles. The summed E-state index contributed by atoms with van der Waals surface area (Å²) in [4.78, 5) is 32.4. The minimum absolute atomic E-state index is 0.0349. The van der Waals surface area contributed by atoms with Crippen LogP contribution in [0.5, 0.6) is 0 Å². The van der Waals surface area contributed by atoms with Crippen LogP contribution in [-0.2, 0) is 9.59 Å². The number of aliphatic imine (C=N–C) groups is 1. The Morgan fingerprint density at radius 2 is 1.77 bits per heavy atom. The smallest absolute Gasteiger partial charge is 0.290 e. The zero-order valence-corrected chi connectivity index (χ0v) is 19.8. The molecule has 1 aromatic rings. The first-order valence-corrected chi connectivity index (χ1v) is 11.3. The summed E-state index contributed by atoms with van der Waals surface area (Å²) < 4.78 is 0. The van der Waals surface area contributed by atoms with Crippen molar-refractivity contribution >= 4 is 23.3 Å². The number of nitrogens with one attached hydrogen (secondary N) is 2. The minimum atomic E-state index is -0.176. The molecule has 3 rings (SSSR count). The van der Waals surface area contributed by atoms with Crippen LogP contribution in [0.4, 0.5) is 5.69 Å². The van der Waals surface area contributed by atoms with Crippen LogP contribution in [0.15, 0.2) is 29.3 Å². The van der Waals surface area contributed by atoms with Gasteiger partial charge in [-0.15, -0.1) is 0 Å². The lowest BCUT2D eigenvalue weighted by Gasteiger charge is -2.49. The number of hydrogen-bond donors (Lipinski definition) is 2. The zero-order chi connectivity index (χ0) is 22.8. The lowest BCUT2D eigenvalue weighted by atomic mass is 9.79. The van der Waals surface area contributed by atoms with Gasteiger partial charge in [0, 0.05) is 23.7 Å². The second-order valence-corrected chi connectivity index (χ2v) is 10.1. The van der Waals surface area contributed by atoms with Gasteiger partial charge in [-0.25, -0.2) is 5.01 Å². The molecule has 0 aliphatic carbocycles. The first-order valence-electron chi connectivity index (χ1n) is 11.3.